The van der Waals surface area contributed by atoms with Gasteiger partial charge in [-0.25, -0.2) is 0 Å². The van der Waals surface area contributed by atoms with Gasteiger partial charge >= 0.3 is 0 Å². The van der Waals surface area contributed by atoms with Gasteiger partial charge in [-0.05, 0) is 37.0 Å². The fraction of sp³-hybridized carbons (Fsp3) is 0.400. The van der Waals surface area contributed by atoms with E-state index in [1.165, 1.54) is 12.0 Å². The van der Waals surface area contributed by atoms with Gasteiger partial charge in [0.05, 0.1) is 6.26 Å². The zero-order chi connectivity index (χ0) is 8.39. The quantitative estimate of drug-likeness (QED) is 0.689. The molecular formula is C10H13NO. The van der Waals surface area contributed by atoms with Gasteiger partial charge in [0.25, 0.3) is 0 Å². The fourth-order valence-electron chi connectivity index (χ4n) is 1.62. The van der Waals surface area contributed by atoms with E-state index in [1.807, 2.05) is 12.1 Å². The lowest BCUT2D eigenvalue weighted by molar-refractivity contribution is 0.542. The second-order valence-corrected chi connectivity index (χ2v) is 3.23. The lowest BCUT2D eigenvalue weighted by Gasteiger charge is -2.15. The smallest absolute Gasteiger partial charge is 0.129 e. The highest BCUT2D eigenvalue weighted by molar-refractivity contribution is 5.62. The topological polar surface area (TPSA) is 39.2 Å². The summed E-state index contributed by atoms with van der Waals surface area (Å²) in [7, 11) is 0. The van der Waals surface area contributed by atoms with Crippen molar-refractivity contribution >= 4 is 5.57 Å². The first-order valence-corrected chi connectivity index (χ1v) is 4.36. The van der Waals surface area contributed by atoms with Crippen LogP contribution in [0.3, 0.4) is 0 Å². The maximum Gasteiger partial charge on any atom is 0.129 e. The second-order valence-electron chi connectivity index (χ2n) is 3.23. The highest BCUT2D eigenvalue weighted by Gasteiger charge is 2.12. The Morgan fingerprint density at radius 3 is 3.08 bits per heavy atom. The van der Waals surface area contributed by atoms with Crippen LogP contribution in [0.25, 0.3) is 5.57 Å². The van der Waals surface area contributed by atoms with Gasteiger partial charge in [0.2, 0.25) is 0 Å². The third-order valence-electron chi connectivity index (χ3n) is 2.24. The Labute approximate surface area is 72.1 Å². The molecule has 1 heterocycles. The average Bonchev–Trinajstić information content (AvgIpc) is 2.56. The molecule has 0 aliphatic heterocycles. The van der Waals surface area contributed by atoms with Crippen molar-refractivity contribution in [2.45, 2.75) is 25.3 Å². The van der Waals surface area contributed by atoms with Crippen LogP contribution in [0.5, 0.6) is 0 Å². The van der Waals surface area contributed by atoms with E-state index in [4.69, 9.17) is 10.2 Å². The number of nitrogens with two attached hydrogens (primary N) is 1. The van der Waals surface area contributed by atoms with Gasteiger partial charge in [0, 0.05) is 6.04 Å². The van der Waals surface area contributed by atoms with Crippen LogP contribution in [0.15, 0.2) is 28.9 Å². The summed E-state index contributed by atoms with van der Waals surface area (Å²) in [6, 6.07) is 4.12. The molecule has 0 radical (unpaired) electrons. The Balaban J connectivity index is 2.23. The van der Waals surface area contributed by atoms with Crippen LogP contribution >= 0.6 is 0 Å². The molecule has 1 atom stereocenters. The molecule has 2 N–H and O–H groups in total. The zero-order valence-corrected chi connectivity index (χ0v) is 6.99. The molecule has 1 aromatic rings. The van der Waals surface area contributed by atoms with Gasteiger partial charge in [0.1, 0.15) is 5.76 Å². The van der Waals surface area contributed by atoms with Crippen molar-refractivity contribution in [1.82, 2.24) is 0 Å². The monoisotopic (exact) mass is 163 g/mol. The summed E-state index contributed by atoms with van der Waals surface area (Å²) in [5, 5.41) is 0. The number of rotatable bonds is 1. The average molecular weight is 163 g/mol. The molecular weight excluding hydrogens is 150 g/mol. The first-order chi connectivity index (χ1) is 5.86. The van der Waals surface area contributed by atoms with Crippen LogP contribution in [0.4, 0.5) is 0 Å². The minimum atomic E-state index is 0.221. The molecule has 1 aliphatic carbocycles. The predicted molar refractivity (Wildman–Crippen MR) is 48.5 cm³/mol. The number of hydrogen-bond acceptors (Lipinski definition) is 2. The molecule has 0 amide bonds. The first kappa shape index (κ1) is 7.62. The van der Waals surface area contributed by atoms with E-state index in [2.05, 4.69) is 6.08 Å². The number of hydrogen-bond donors (Lipinski definition) is 1. The highest BCUT2D eigenvalue weighted by Crippen LogP contribution is 2.26. The molecule has 64 valence electrons. The second kappa shape index (κ2) is 3.15. The molecule has 12 heavy (non-hydrogen) atoms. The summed E-state index contributed by atoms with van der Waals surface area (Å²) in [5.41, 5.74) is 7.08. The summed E-state index contributed by atoms with van der Waals surface area (Å²) in [6.07, 6.45) is 7.19. The molecule has 0 saturated carbocycles. The molecule has 0 bridgehead atoms. The standard InChI is InChI=1S/C10H13NO/c11-9-4-1-3-8(7-9)10-5-2-6-12-10/h2,5-7,9H,1,3-4,11H2. The van der Waals surface area contributed by atoms with E-state index in [0.29, 0.717) is 0 Å². The highest BCUT2D eigenvalue weighted by atomic mass is 16.3. The van der Waals surface area contributed by atoms with Crippen LogP contribution in [0, 0.1) is 0 Å². The van der Waals surface area contributed by atoms with E-state index >= 15 is 0 Å². The molecule has 0 saturated heterocycles. The van der Waals surface area contributed by atoms with Gasteiger partial charge in [-0.3, -0.25) is 0 Å². The van der Waals surface area contributed by atoms with Crippen molar-refractivity contribution < 1.29 is 4.42 Å². The Morgan fingerprint density at radius 1 is 1.50 bits per heavy atom. The predicted octanol–water partition coefficient (Wildman–Crippen LogP) is 2.17. The Hall–Kier alpha value is -1.02. The molecule has 2 heteroatoms. The Bertz CT molecular complexity index is 274. The molecule has 0 spiro atoms. The minimum Gasteiger partial charge on any atom is -0.465 e. The van der Waals surface area contributed by atoms with Crippen molar-refractivity contribution in [2.75, 3.05) is 0 Å². The van der Waals surface area contributed by atoms with Crippen LogP contribution in [0.1, 0.15) is 25.0 Å². The van der Waals surface area contributed by atoms with E-state index in [9.17, 15) is 0 Å². The minimum absolute atomic E-state index is 0.221. The van der Waals surface area contributed by atoms with Gasteiger partial charge in [-0.15, -0.1) is 0 Å². The van der Waals surface area contributed by atoms with Gasteiger partial charge in [0.15, 0.2) is 0 Å². The number of furan rings is 1. The maximum absolute atomic E-state index is 5.81. The van der Waals surface area contributed by atoms with Crippen molar-refractivity contribution in [3.05, 3.63) is 30.2 Å². The van der Waals surface area contributed by atoms with Crippen molar-refractivity contribution in [1.29, 1.82) is 0 Å². The van der Waals surface area contributed by atoms with E-state index in [-0.39, 0.29) is 6.04 Å². The molecule has 1 unspecified atom stereocenters. The van der Waals surface area contributed by atoms with Crippen LogP contribution < -0.4 is 5.73 Å². The lowest BCUT2D eigenvalue weighted by Crippen LogP contribution is -2.19. The molecule has 1 aliphatic rings. The molecule has 2 rings (SSSR count). The fourth-order valence-corrected chi connectivity index (χ4v) is 1.62. The third-order valence-corrected chi connectivity index (χ3v) is 2.24. The maximum atomic E-state index is 5.81. The molecule has 2 nitrogen and oxygen atoms in total. The largest absolute Gasteiger partial charge is 0.465 e. The summed E-state index contributed by atoms with van der Waals surface area (Å²) in [4.78, 5) is 0. The van der Waals surface area contributed by atoms with E-state index < -0.39 is 0 Å². The Kier molecular flexibility index (Phi) is 2.00. The van der Waals surface area contributed by atoms with E-state index in [0.717, 1.165) is 18.6 Å². The van der Waals surface area contributed by atoms with Crippen LogP contribution in [-0.2, 0) is 0 Å². The Morgan fingerprint density at radius 2 is 2.42 bits per heavy atom. The van der Waals surface area contributed by atoms with Crippen molar-refractivity contribution in [3.63, 3.8) is 0 Å². The first-order valence-electron chi connectivity index (χ1n) is 4.36. The third kappa shape index (κ3) is 1.43. The SMILES string of the molecule is NC1C=C(c2ccco2)CCC1. The normalized spacial score (nSPS) is 23.8. The van der Waals surface area contributed by atoms with Crippen molar-refractivity contribution in [3.8, 4) is 0 Å². The van der Waals surface area contributed by atoms with E-state index in [1.54, 1.807) is 6.26 Å². The summed E-state index contributed by atoms with van der Waals surface area (Å²) < 4.78 is 5.30. The van der Waals surface area contributed by atoms with Crippen LogP contribution in [0.2, 0.25) is 0 Å². The van der Waals surface area contributed by atoms with Gasteiger partial charge in [-0.2, -0.15) is 0 Å². The number of allylic oxidation sites excluding steroid dienone is 1. The summed E-state index contributed by atoms with van der Waals surface area (Å²) in [6.45, 7) is 0. The van der Waals surface area contributed by atoms with Crippen molar-refractivity contribution in [2.24, 2.45) is 5.73 Å². The summed E-state index contributed by atoms with van der Waals surface area (Å²) >= 11 is 0. The lowest BCUT2D eigenvalue weighted by atomic mass is 9.95. The molecule has 0 aromatic carbocycles. The van der Waals surface area contributed by atoms with Gasteiger partial charge < -0.3 is 10.2 Å². The zero-order valence-electron chi connectivity index (χ0n) is 6.99. The molecule has 0 fully saturated rings. The molecule has 1 aromatic heterocycles. The van der Waals surface area contributed by atoms with Gasteiger partial charge in [-0.1, -0.05) is 6.08 Å². The summed E-state index contributed by atoms with van der Waals surface area (Å²) in [5.74, 6) is 0.977. The van der Waals surface area contributed by atoms with Crippen LogP contribution in [-0.4, -0.2) is 6.04 Å².